The minimum absolute atomic E-state index is 0.124. The van der Waals surface area contributed by atoms with Gasteiger partial charge in [0, 0.05) is 11.1 Å². The average molecular weight is 421 g/mol. The monoisotopic (exact) mass is 421 g/mol. The Morgan fingerprint density at radius 2 is 1.74 bits per heavy atom. The molecule has 4 nitrogen and oxygen atoms in total. The SMILES string of the molecule is CC12CCC(CC1=NNC1=NC(O)(C(F)(F)F)C(F)(C(F)(F)F)S1)C2(C)C. The predicted octanol–water partition coefficient (Wildman–Crippen LogP) is 4.36. The maximum Gasteiger partial charge on any atom is 0.443 e. The van der Waals surface area contributed by atoms with E-state index < -0.39 is 40.0 Å². The number of rotatable bonds is 1. The third-order valence-electron chi connectivity index (χ3n) is 6.51. The lowest BCUT2D eigenvalue weighted by molar-refractivity contribution is -0.332. The van der Waals surface area contributed by atoms with Crippen LogP contribution in [-0.2, 0) is 0 Å². The summed E-state index contributed by atoms with van der Waals surface area (Å²) >= 11 is -0.874. The van der Waals surface area contributed by atoms with Gasteiger partial charge in [-0.15, -0.1) is 0 Å². The minimum atomic E-state index is -6.01. The molecular formula is C15H18F7N3OS. The first-order chi connectivity index (χ1) is 12.0. The number of thioether (sulfide) groups is 1. The molecule has 2 fully saturated rings. The van der Waals surface area contributed by atoms with Crippen molar-refractivity contribution in [2.75, 3.05) is 0 Å². The molecule has 0 spiro atoms. The van der Waals surface area contributed by atoms with Crippen LogP contribution in [0.15, 0.2) is 10.1 Å². The van der Waals surface area contributed by atoms with Crippen LogP contribution >= 0.6 is 11.8 Å². The van der Waals surface area contributed by atoms with Gasteiger partial charge in [0.15, 0.2) is 5.17 Å². The van der Waals surface area contributed by atoms with E-state index >= 15 is 0 Å². The van der Waals surface area contributed by atoms with Gasteiger partial charge in [-0.05, 0) is 42.4 Å². The zero-order valence-electron chi connectivity index (χ0n) is 14.6. The fourth-order valence-corrected chi connectivity index (χ4v) is 5.16. The Morgan fingerprint density at radius 3 is 2.11 bits per heavy atom. The normalized spacial score (nSPS) is 42.7. The van der Waals surface area contributed by atoms with Crippen LogP contribution in [0.25, 0.3) is 0 Å². The van der Waals surface area contributed by atoms with Crippen LogP contribution in [-0.4, -0.2) is 39.1 Å². The Labute approximate surface area is 154 Å². The second-order valence-electron chi connectivity index (χ2n) is 7.95. The molecule has 12 heteroatoms. The lowest BCUT2D eigenvalue weighted by atomic mass is 9.70. The van der Waals surface area contributed by atoms with E-state index in [1.54, 1.807) is 0 Å². The van der Waals surface area contributed by atoms with Crippen molar-refractivity contribution in [2.45, 2.75) is 63.1 Å². The van der Waals surface area contributed by atoms with Crippen molar-refractivity contribution in [3.63, 3.8) is 0 Å². The molecule has 2 saturated carbocycles. The first-order valence-corrected chi connectivity index (χ1v) is 8.98. The highest BCUT2D eigenvalue weighted by Crippen LogP contribution is 2.64. The zero-order chi connectivity index (χ0) is 20.7. The molecule has 0 saturated heterocycles. The van der Waals surface area contributed by atoms with Crippen LogP contribution in [0.4, 0.5) is 30.7 Å². The van der Waals surface area contributed by atoms with Crippen molar-refractivity contribution >= 4 is 22.6 Å². The number of halogens is 7. The van der Waals surface area contributed by atoms with Gasteiger partial charge in [-0.3, -0.25) is 5.43 Å². The molecule has 3 rings (SSSR count). The predicted molar refractivity (Wildman–Crippen MR) is 85.7 cm³/mol. The summed E-state index contributed by atoms with van der Waals surface area (Å²) in [5.41, 5.74) is -2.83. The first kappa shape index (κ1) is 20.7. The molecule has 1 aliphatic heterocycles. The molecule has 0 amide bonds. The number of nitrogens with zero attached hydrogens (tertiary/aromatic N) is 2. The largest absolute Gasteiger partial charge is 0.443 e. The minimum Gasteiger partial charge on any atom is -0.359 e. The number of hydrogen-bond acceptors (Lipinski definition) is 5. The van der Waals surface area contributed by atoms with Gasteiger partial charge in [0.2, 0.25) is 0 Å². The molecule has 0 aromatic rings. The topological polar surface area (TPSA) is 57.0 Å². The smallest absolute Gasteiger partial charge is 0.359 e. The van der Waals surface area contributed by atoms with Gasteiger partial charge in [-0.2, -0.15) is 31.4 Å². The van der Waals surface area contributed by atoms with Crippen molar-refractivity contribution in [1.29, 1.82) is 0 Å². The van der Waals surface area contributed by atoms with Crippen molar-refractivity contribution < 1.29 is 35.8 Å². The summed E-state index contributed by atoms with van der Waals surface area (Å²) in [6.45, 7) is 6.01. The highest BCUT2D eigenvalue weighted by molar-refractivity contribution is 8.15. The second kappa shape index (κ2) is 5.52. The number of hydrogen-bond donors (Lipinski definition) is 2. The third kappa shape index (κ3) is 2.54. The molecule has 154 valence electrons. The van der Waals surface area contributed by atoms with Crippen molar-refractivity contribution in [3.05, 3.63) is 0 Å². The lowest BCUT2D eigenvalue weighted by Gasteiger charge is -2.34. The molecule has 0 aromatic carbocycles. The Morgan fingerprint density at radius 1 is 1.15 bits per heavy atom. The Hall–Kier alpha value is -1.04. The standard InChI is InChI=1S/C15H18F7N3OS/c1-10(2)7-4-5-11(10,3)8(6-7)24-25-9-23-13(26,15(20,21)22)12(16,27-9)14(17,18)19/h7,26H,4-6H2,1-3H3,(H,23,25). The molecule has 27 heavy (non-hydrogen) atoms. The van der Waals surface area contributed by atoms with Gasteiger partial charge in [-0.1, -0.05) is 20.8 Å². The zero-order valence-corrected chi connectivity index (χ0v) is 15.4. The van der Waals surface area contributed by atoms with E-state index in [9.17, 15) is 35.8 Å². The third-order valence-corrected chi connectivity index (χ3v) is 7.68. The van der Waals surface area contributed by atoms with E-state index in [1.165, 1.54) is 0 Å². The summed E-state index contributed by atoms with van der Waals surface area (Å²) < 4.78 is 92.2. The van der Waals surface area contributed by atoms with Crippen LogP contribution in [0.3, 0.4) is 0 Å². The van der Waals surface area contributed by atoms with Crippen LogP contribution < -0.4 is 5.43 Å². The van der Waals surface area contributed by atoms with Crippen molar-refractivity contribution in [3.8, 4) is 0 Å². The fraction of sp³-hybridized carbons (Fsp3) is 0.867. The van der Waals surface area contributed by atoms with E-state index in [2.05, 4.69) is 10.1 Å². The van der Waals surface area contributed by atoms with Crippen molar-refractivity contribution in [1.82, 2.24) is 5.43 Å². The van der Waals surface area contributed by atoms with E-state index in [1.807, 2.05) is 26.2 Å². The van der Waals surface area contributed by atoms with E-state index in [-0.39, 0.29) is 10.8 Å². The molecule has 4 unspecified atom stereocenters. The van der Waals surface area contributed by atoms with E-state index in [0.717, 1.165) is 12.8 Å². The molecule has 1 heterocycles. The second-order valence-corrected chi connectivity index (χ2v) is 9.10. The van der Waals surface area contributed by atoms with Gasteiger partial charge < -0.3 is 5.11 Å². The number of aliphatic hydroxyl groups is 1. The summed E-state index contributed by atoms with van der Waals surface area (Å²) in [5, 5.41) is 7.27. The molecule has 2 bridgehead atoms. The quantitative estimate of drug-likeness (QED) is 0.489. The molecule has 3 aliphatic rings. The number of hydrazone groups is 1. The summed E-state index contributed by atoms with van der Waals surface area (Å²) in [5.74, 6) is 0.295. The maximum atomic E-state index is 14.3. The van der Waals surface area contributed by atoms with Crippen LogP contribution in [0.5, 0.6) is 0 Å². The molecule has 0 aromatic heterocycles. The van der Waals surface area contributed by atoms with Crippen LogP contribution in [0, 0.1) is 16.7 Å². The highest BCUT2D eigenvalue weighted by Gasteiger charge is 2.82. The fourth-order valence-electron chi connectivity index (χ4n) is 4.21. The average Bonchev–Trinajstić information content (AvgIpc) is 2.97. The Bertz CT molecular complexity index is 719. The van der Waals surface area contributed by atoms with Gasteiger partial charge in [-0.25, -0.2) is 9.38 Å². The van der Waals surface area contributed by atoms with Gasteiger partial charge in [0.25, 0.3) is 0 Å². The number of alkyl halides is 7. The Kier molecular flexibility index (Phi) is 4.23. The maximum absolute atomic E-state index is 14.3. The molecule has 0 radical (unpaired) electrons. The van der Waals surface area contributed by atoms with Gasteiger partial charge in [0.05, 0.1) is 0 Å². The summed E-state index contributed by atoms with van der Waals surface area (Å²) in [6.07, 6.45) is -9.71. The van der Waals surface area contributed by atoms with Crippen molar-refractivity contribution in [2.24, 2.45) is 26.8 Å². The number of amidine groups is 1. The van der Waals surface area contributed by atoms with Gasteiger partial charge in [0.1, 0.15) is 0 Å². The number of nitrogens with one attached hydrogen (secondary N) is 1. The molecule has 2 N–H and O–H groups in total. The summed E-state index contributed by atoms with van der Waals surface area (Å²) in [4.78, 5) is 2.59. The first-order valence-electron chi connectivity index (χ1n) is 8.16. The van der Waals surface area contributed by atoms with Gasteiger partial charge >= 0.3 is 23.1 Å². The highest BCUT2D eigenvalue weighted by atomic mass is 32.2. The van der Waals surface area contributed by atoms with Crippen LogP contribution in [0.1, 0.15) is 40.0 Å². The van der Waals surface area contributed by atoms with Crippen LogP contribution in [0.2, 0.25) is 0 Å². The summed E-state index contributed by atoms with van der Waals surface area (Å²) in [7, 11) is 0. The lowest BCUT2D eigenvalue weighted by Crippen LogP contribution is -2.62. The summed E-state index contributed by atoms with van der Waals surface area (Å²) in [6, 6.07) is 0. The van der Waals surface area contributed by atoms with E-state index in [0.29, 0.717) is 18.1 Å². The molecule has 4 atom stereocenters. The molecular weight excluding hydrogens is 403 g/mol. The number of fused-ring (bicyclic) bond motifs is 2. The number of aliphatic imine (C=N–C) groups is 1. The molecule has 2 aliphatic carbocycles. The van der Waals surface area contributed by atoms with E-state index in [4.69, 9.17) is 0 Å². The Balaban J connectivity index is 1.90.